The Morgan fingerprint density at radius 2 is 1.12 bits per heavy atom. The second-order valence-electron chi connectivity index (χ2n) is 5.29. The molecule has 2 heterocycles. The van der Waals surface area contributed by atoms with Crippen LogP contribution in [-0.2, 0) is 0 Å². The molecular weight excluding hydrogens is 300 g/mol. The van der Waals surface area contributed by atoms with Crippen molar-refractivity contribution in [2.75, 3.05) is 11.5 Å². The predicted molar refractivity (Wildman–Crippen MR) is 94.8 cm³/mol. The quantitative estimate of drug-likeness (QED) is 0.589. The molecule has 4 N–H and O–H groups in total. The number of hydrogen-bond acceptors (Lipinski definition) is 6. The summed E-state index contributed by atoms with van der Waals surface area (Å²) >= 11 is 0. The van der Waals surface area contributed by atoms with E-state index in [1.54, 1.807) is 0 Å². The molecule has 6 heteroatoms. The monoisotopic (exact) mass is 314 g/mol. The number of nitrogens with two attached hydrogens (primary N) is 2. The molecule has 0 spiro atoms. The Morgan fingerprint density at radius 3 is 1.71 bits per heavy atom. The van der Waals surface area contributed by atoms with Gasteiger partial charge in [-0.3, -0.25) is 0 Å². The van der Waals surface area contributed by atoms with Gasteiger partial charge >= 0.3 is 0 Å². The molecule has 0 saturated heterocycles. The number of anilines is 2. The van der Waals surface area contributed by atoms with Crippen LogP contribution in [0.1, 0.15) is 0 Å². The molecule has 0 radical (unpaired) electrons. The number of fused-ring (bicyclic) bond motifs is 1. The summed E-state index contributed by atoms with van der Waals surface area (Å²) in [6.45, 7) is 0. The Hall–Kier alpha value is -3.54. The lowest BCUT2D eigenvalue weighted by atomic mass is 10.0. The van der Waals surface area contributed by atoms with Gasteiger partial charge in [0.15, 0.2) is 17.0 Å². The standard InChI is InChI=1S/C18H14N6/c19-16-15-17(24-18(20)23-16)22-14(12-9-5-2-6-10-12)13(21-15)11-7-3-1-4-8-11/h1-10H,(H4,19,20,22,23,24). The fourth-order valence-corrected chi connectivity index (χ4v) is 2.58. The molecule has 4 rings (SSSR count). The first-order chi connectivity index (χ1) is 11.7. The average molecular weight is 314 g/mol. The molecule has 0 bridgehead atoms. The Kier molecular flexibility index (Phi) is 3.28. The Balaban J connectivity index is 2.08. The van der Waals surface area contributed by atoms with Crippen molar-refractivity contribution in [2.24, 2.45) is 0 Å². The third kappa shape index (κ3) is 2.40. The summed E-state index contributed by atoms with van der Waals surface area (Å²) < 4.78 is 0. The van der Waals surface area contributed by atoms with Crippen LogP contribution in [-0.4, -0.2) is 19.9 Å². The van der Waals surface area contributed by atoms with Crippen molar-refractivity contribution in [2.45, 2.75) is 0 Å². The Morgan fingerprint density at radius 1 is 0.583 bits per heavy atom. The normalized spacial score (nSPS) is 10.8. The Bertz CT molecular complexity index is 1020. The molecule has 0 aliphatic heterocycles. The first-order valence-electron chi connectivity index (χ1n) is 7.44. The van der Waals surface area contributed by atoms with Crippen LogP contribution in [0.15, 0.2) is 60.7 Å². The molecule has 0 saturated carbocycles. The average Bonchev–Trinajstić information content (AvgIpc) is 2.62. The third-order valence-electron chi connectivity index (χ3n) is 3.67. The molecule has 0 aliphatic carbocycles. The number of rotatable bonds is 2. The van der Waals surface area contributed by atoms with E-state index in [1.807, 2.05) is 60.7 Å². The van der Waals surface area contributed by atoms with E-state index in [4.69, 9.17) is 16.5 Å². The van der Waals surface area contributed by atoms with E-state index in [9.17, 15) is 0 Å². The van der Waals surface area contributed by atoms with Gasteiger partial charge in [0.1, 0.15) is 0 Å². The van der Waals surface area contributed by atoms with Crippen molar-refractivity contribution in [1.29, 1.82) is 0 Å². The number of benzene rings is 2. The van der Waals surface area contributed by atoms with Crippen LogP contribution in [0.5, 0.6) is 0 Å². The van der Waals surface area contributed by atoms with Gasteiger partial charge in [-0.2, -0.15) is 9.97 Å². The largest absolute Gasteiger partial charge is 0.382 e. The second-order valence-corrected chi connectivity index (χ2v) is 5.29. The molecule has 2 aromatic carbocycles. The van der Waals surface area contributed by atoms with Crippen molar-refractivity contribution in [3.05, 3.63) is 60.7 Å². The van der Waals surface area contributed by atoms with Gasteiger partial charge in [-0.05, 0) is 0 Å². The molecule has 4 aromatic rings. The van der Waals surface area contributed by atoms with E-state index >= 15 is 0 Å². The van der Waals surface area contributed by atoms with E-state index in [1.165, 1.54) is 0 Å². The van der Waals surface area contributed by atoms with Gasteiger partial charge in [0.2, 0.25) is 5.95 Å². The highest BCUT2D eigenvalue weighted by Gasteiger charge is 2.16. The summed E-state index contributed by atoms with van der Waals surface area (Å²) in [4.78, 5) is 17.5. The number of aromatic nitrogens is 4. The van der Waals surface area contributed by atoms with Crippen LogP contribution in [0.25, 0.3) is 33.7 Å². The van der Waals surface area contributed by atoms with Gasteiger partial charge in [-0.25, -0.2) is 9.97 Å². The van der Waals surface area contributed by atoms with Crippen molar-refractivity contribution in [3.63, 3.8) is 0 Å². The van der Waals surface area contributed by atoms with Crippen molar-refractivity contribution in [3.8, 4) is 22.5 Å². The molecule has 24 heavy (non-hydrogen) atoms. The maximum Gasteiger partial charge on any atom is 0.224 e. The number of hydrogen-bond donors (Lipinski definition) is 2. The third-order valence-corrected chi connectivity index (χ3v) is 3.67. The van der Waals surface area contributed by atoms with E-state index in [-0.39, 0.29) is 11.8 Å². The number of nitrogen functional groups attached to an aromatic ring is 2. The van der Waals surface area contributed by atoms with Crippen LogP contribution >= 0.6 is 0 Å². The highest BCUT2D eigenvalue weighted by atomic mass is 15.1. The van der Waals surface area contributed by atoms with Crippen molar-refractivity contribution in [1.82, 2.24) is 19.9 Å². The topological polar surface area (TPSA) is 104 Å². The van der Waals surface area contributed by atoms with Crippen LogP contribution in [0, 0.1) is 0 Å². The fraction of sp³-hybridized carbons (Fsp3) is 0. The molecular formula is C18H14N6. The summed E-state index contributed by atoms with van der Waals surface area (Å²) in [6, 6.07) is 19.7. The van der Waals surface area contributed by atoms with E-state index in [2.05, 4.69) is 15.0 Å². The van der Waals surface area contributed by atoms with Crippen molar-refractivity contribution < 1.29 is 0 Å². The van der Waals surface area contributed by atoms with Gasteiger partial charge < -0.3 is 11.5 Å². The minimum absolute atomic E-state index is 0.0840. The summed E-state index contributed by atoms with van der Waals surface area (Å²) in [5.74, 6) is 0.308. The zero-order valence-electron chi connectivity index (χ0n) is 12.7. The van der Waals surface area contributed by atoms with Gasteiger partial charge in [-0.15, -0.1) is 0 Å². The van der Waals surface area contributed by atoms with E-state index in [0.29, 0.717) is 11.2 Å². The zero-order chi connectivity index (χ0) is 16.5. The van der Waals surface area contributed by atoms with Crippen LogP contribution in [0.2, 0.25) is 0 Å². The smallest absolute Gasteiger partial charge is 0.224 e. The first kappa shape index (κ1) is 14.1. The summed E-state index contributed by atoms with van der Waals surface area (Å²) in [5.41, 5.74) is 15.8. The lowest BCUT2D eigenvalue weighted by Crippen LogP contribution is -2.05. The minimum atomic E-state index is 0.0840. The van der Waals surface area contributed by atoms with Crippen LogP contribution in [0.3, 0.4) is 0 Å². The molecule has 0 atom stereocenters. The lowest BCUT2D eigenvalue weighted by Gasteiger charge is -2.11. The molecule has 0 fully saturated rings. The Labute approximate surface area is 138 Å². The predicted octanol–water partition coefficient (Wildman–Crippen LogP) is 2.92. The summed E-state index contributed by atoms with van der Waals surface area (Å²) in [5, 5.41) is 0. The zero-order valence-corrected chi connectivity index (χ0v) is 12.7. The lowest BCUT2D eigenvalue weighted by molar-refractivity contribution is 1.17. The highest BCUT2D eigenvalue weighted by molar-refractivity contribution is 5.89. The van der Waals surface area contributed by atoms with Gasteiger partial charge in [0.05, 0.1) is 11.4 Å². The minimum Gasteiger partial charge on any atom is -0.382 e. The molecule has 0 unspecified atom stereocenters. The van der Waals surface area contributed by atoms with Crippen molar-refractivity contribution >= 4 is 22.9 Å². The van der Waals surface area contributed by atoms with Gasteiger partial charge in [0, 0.05) is 11.1 Å². The first-order valence-corrected chi connectivity index (χ1v) is 7.44. The SMILES string of the molecule is Nc1nc(N)c2nc(-c3ccccc3)c(-c3ccccc3)nc2n1. The fourth-order valence-electron chi connectivity index (χ4n) is 2.58. The van der Waals surface area contributed by atoms with Crippen LogP contribution in [0.4, 0.5) is 11.8 Å². The highest BCUT2D eigenvalue weighted by Crippen LogP contribution is 2.31. The second kappa shape index (κ2) is 5.58. The molecule has 0 amide bonds. The summed E-state index contributed by atoms with van der Waals surface area (Å²) in [7, 11) is 0. The van der Waals surface area contributed by atoms with Gasteiger partial charge in [-0.1, -0.05) is 60.7 Å². The van der Waals surface area contributed by atoms with E-state index < -0.39 is 0 Å². The maximum atomic E-state index is 5.96. The molecule has 116 valence electrons. The maximum absolute atomic E-state index is 5.96. The molecule has 6 nitrogen and oxygen atoms in total. The van der Waals surface area contributed by atoms with Crippen LogP contribution < -0.4 is 11.5 Å². The summed E-state index contributed by atoms with van der Waals surface area (Å²) in [6.07, 6.45) is 0. The van der Waals surface area contributed by atoms with E-state index in [0.717, 1.165) is 22.5 Å². The molecule has 0 aliphatic rings. The van der Waals surface area contributed by atoms with Gasteiger partial charge in [0.25, 0.3) is 0 Å². The molecule has 2 aromatic heterocycles. The number of nitrogens with zero attached hydrogens (tertiary/aromatic N) is 4.